The predicted molar refractivity (Wildman–Crippen MR) is 126 cm³/mol. The number of hydrogen-bond donors (Lipinski definition) is 1. The molecule has 0 aliphatic carbocycles. The highest BCUT2D eigenvalue weighted by Crippen LogP contribution is 2.29. The van der Waals surface area contributed by atoms with Crippen molar-refractivity contribution in [2.24, 2.45) is 0 Å². The SMILES string of the molecule is CN(CC1CCCO1)S(=O)(=O)c1ccc(C(=O)Nc2ccccc2Oc2ccccc2)cc1. The number of amides is 1. The van der Waals surface area contributed by atoms with E-state index in [1.165, 1.54) is 28.6 Å². The molecule has 1 aliphatic heterocycles. The number of benzene rings is 3. The van der Waals surface area contributed by atoms with Crippen LogP contribution < -0.4 is 10.1 Å². The molecule has 0 aromatic heterocycles. The highest BCUT2D eigenvalue weighted by atomic mass is 32.2. The van der Waals surface area contributed by atoms with Crippen molar-refractivity contribution in [1.29, 1.82) is 0 Å². The molecule has 0 radical (unpaired) electrons. The second-order valence-corrected chi connectivity index (χ2v) is 9.86. The van der Waals surface area contributed by atoms with Crippen LogP contribution in [0.15, 0.2) is 83.8 Å². The molecule has 172 valence electrons. The molecule has 3 aromatic rings. The van der Waals surface area contributed by atoms with Gasteiger partial charge in [0.2, 0.25) is 10.0 Å². The summed E-state index contributed by atoms with van der Waals surface area (Å²) in [7, 11) is -2.12. The van der Waals surface area contributed by atoms with Crippen LogP contribution >= 0.6 is 0 Å². The number of hydrogen-bond acceptors (Lipinski definition) is 5. The highest BCUT2D eigenvalue weighted by molar-refractivity contribution is 7.89. The third-order valence-corrected chi connectivity index (χ3v) is 7.25. The molecule has 0 spiro atoms. The van der Waals surface area contributed by atoms with E-state index in [4.69, 9.17) is 9.47 Å². The van der Waals surface area contributed by atoms with Gasteiger partial charge in [0, 0.05) is 25.8 Å². The van der Waals surface area contributed by atoms with Crippen molar-refractivity contribution in [3.05, 3.63) is 84.4 Å². The van der Waals surface area contributed by atoms with E-state index >= 15 is 0 Å². The number of para-hydroxylation sites is 3. The van der Waals surface area contributed by atoms with Crippen LogP contribution in [0.5, 0.6) is 11.5 Å². The van der Waals surface area contributed by atoms with E-state index in [0.717, 1.165) is 12.8 Å². The van der Waals surface area contributed by atoms with Gasteiger partial charge in [0.15, 0.2) is 5.75 Å². The standard InChI is InChI=1S/C25H26N2O5S/c1-27(18-21-10-7-17-31-21)33(29,30)22-15-13-19(14-16-22)25(28)26-23-11-5-6-12-24(23)32-20-8-3-2-4-9-20/h2-6,8-9,11-16,21H,7,10,17-18H2,1H3,(H,26,28). The third-order valence-electron chi connectivity index (χ3n) is 5.42. The third kappa shape index (κ3) is 5.60. The molecule has 1 unspecified atom stereocenters. The quantitative estimate of drug-likeness (QED) is 0.527. The summed E-state index contributed by atoms with van der Waals surface area (Å²) in [5, 5.41) is 2.84. The summed E-state index contributed by atoms with van der Waals surface area (Å²) in [5.41, 5.74) is 0.851. The maximum Gasteiger partial charge on any atom is 0.255 e. The van der Waals surface area contributed by atoms with Gasteiger partial charge in [-0.2, -0.15) is 4.31 Å². The number of nitrogens with one attached hydrogen (secondary N) is 1. The molecule has 4 rings (SSSR count). The molecule has 3 aromatic carbocycles. The van der Waals surface area contributed by atoms with Crippen LogP contribution in [0.2, 0.25) is 0 Å². The van der Waals surface area contributed by atoms with Crippen molar-refractivity contribution in [2.75, 3.05) is 25.5 Å². The van der Waals surface area contributed by atoms with E-state index in [-0.39, 0.29) is 16.9 Å². The first-order valence-electron chi connectivity index (χ1n) is 10.7. The fourth-order valence-corrected chi connectivity index (χ4v) is 4.80. The summed E-state index contributed by atoms with van der Waals surface area (Å²) in [6, 6.07) is 22.3. The molecule has 0 saturated carbocycles. The van der Waals surface area contributed by atoms with Gasteiger partial charge in [0.05, 0.1) is 16.7 Å². The molecule has 1 heterocycles. The van der Waals surface area contributed by atoms with Crippen molar-refractivity contribution in [3.8, 4) is 11.5 Å². The number of anilines is 1. The molecule has 8 heteroatoms. The van der Waals surface area contributed by atoms with Crippen molar-refractivity contribution in [3.63, 3.8) is 0 Å². The molecule has 7 nitrogen and oxygen atoms in total. The summed E-state index contributed by atoms with van der Waals surface area (Å²) >= 11 is 0. The first kappa shape index (κ1) is 23.0. The van der Waals surface area contributed by atoms with Crippen molar-refractivity contribution in [2.45, 2.75) is 23.8 Å². The van der Waals surface area contributed by atoms with E-state index < -0.39 is 10.0 Å². The molecule has 1 saturated heterocycles. The Bertz CT molecular complexity index is 1190. The average molecular weight is 467 g/mol. The Kier molecular flexibility index (Phi) is 7.08. The van der Waals surface area contributed by atoms with Gasteiger partial charge in [-0.3, -0.25) is 4.79 Å². The van der Waals surface area contributed by atoms with Gasteiger partial charge in [0.25, 0.3) is 5.91 Å². The zero-order chi connectivity index (χ0) is 23.3. The lowest BCUT2D eigenvalue weighted by atomic mass is 10.2. The van der Waals surface area contributed by atoms with E-state index in [9.17, 15) is 13.2 Å². The topological polar surface area (TPSA) is 84.9 Å². The number of sulfonamides is 1. The maximum absolute atomic E-state index is 12.9. The van der Waals surface area contributed by atoms with Crippen LogP contribution in [-0.2, 0) is 14.8 Å². The van der Waals surface area contributed by atoms with Gasteiger partial charge in [-0.05, 0) is 61.4 Å². The second-order valence-electron chi connectivity index (χ2n) is 7.81. The molecular weight excluding hydrogens is 440 g/mol. The molecule has 33 heavy (non-hydrogen) atoms. The van der Waals surface area contributed by atoms with E-state index in [0.29, 0.717) is 35.9 Å². The zero-order valence-corrected chi connectivity index (χ0v) is 19.1. The van der Waals surface area contributed by atoms with Gasteiger partial charge in [0.1, 0.15) is 5.75 Å². The number of rotatable bonds is 8. The van der Waals surface area contributed by atoms with Gasteiger partial charge in [-0.15, -0.1) is 0 Å². The monoisotopic (exact) mass is 466 g/mol. The van der Waals surface area contributed by atoms with Crippen molar-refractivity contribution >= 4 is 21.6 Å². The van der Waals surface area contributed by atoms with Gasteiger partial charge in [-0.1, -0.05) is 30.3 Å². The minimum Gasteiger partial charge on any atom is -0.455 e. The summed E-state index contributed by atoms with van der Waals surface area (Å²) in [4.78, 5) is 12.9. The number of likely N-dealkylation sites (N-methyl/N-ethyl adjacent to an activating group) is 1. The van der Waals surface area contributed by atoms with Crippen LogP contribution in [-0.4, -0.2) is 44.9 Å². The number of nitrogens with zero attached hydrogens (tertiary/aromatic N) is 1. The van der Waals surface area contributed by atoms with Crippen molar-refractivity contribution in [1.82, 2.24) is 4.31 Å². The Morgan fingerprint density at radius 2 is 1.73 bits per heavy atom. The minimum atomic E-state index is -3.67. The fourth-order valence-electron chi connectivity index (χ4n) is 3.60. The molecule has 1 fully saturated rings. The average Bonchev–Trinajstić information content (AvgIpc) is 3.34. The van der Waals surface area contributed by atoms with Gasteiger partial charge >= 0.3 is 0 Å². The zero-order valence-electron chi connectivity index (χ0n) is 18.3. The Balaban J connectivity index is 1.45. The predicted octanol–water partition coefficient (Wildman–Crippen LogP) is 4.53. The lowest BCUT2D eigenvalue weighted by Gasteiger charge is -2.20. The summed E-state index contributed by atoms with van der Waals surface area (Å²) in [6.07, 6.45) is 1.73. The normalized spacial score (nSPS) is 16.0. The largest absolute Gasteiger partial charge is 0.455 e. The van der Waals surface area contributed by atoms with Crippen molar-refractivity contribution < 1.29 is 22.7 Å². The fraction of sp³-hybridized carbons (Fsp3) is 0.240. The Hall–Kier alpha value is -3.20. The molecule has 1 N–H and O–H groups in total. The van der Waals surface area contributed by atoms with E-state index in [2.05, 4.69) is 5.32 Å². The number of carbonyl (C=O) groups excluding carboxylic acids is 1. The van der Waals surface area contributed by atoms with Crippen LogP contribution in [0.1, 0.15) is 23.2 Å². The smallest absolute Gasteiger partial charge is 0.255 e. The number of ether oxygens (including phenoxy) is 2. The van der Waals surface area contributed by atoms with Crippen LogP contribution in [0, 0.1) is 0 Å². The molecule has 0 bridgehead atoms. The summed E-state index contributed by atoms with van der Waals surface area (Å²) < 4.78 is 38.4. The maximum atomic E-state index is 12.9. The highest BCUT2D eigenvalue weighted by Gasteiger charge is 2.26. The molecule has 1 aliphatic rings. The summed E-state index contributed by atoms with van der Waals surface area (Å²) in [5.74, 6) is 0.795. The summed E-state index contributed by atoms with van der Waals surface area (Å²) in [6.45, 7) is 0.977. The Morgan fingerprint density at radius 1 is 1.03 bits per heavy atom. The second kappa shape index (κ2) is 10.2. The lowest BCUT2D eigenvalue weighted by molar-refractivity contribution is 0.0979. The first-order valence-corrected chi connectivity index (χ1v) is 12.2. The van der Waals surface area contributed by atoms with Gasteiger partial charge in [-0.25, -0.2) is 8.42 Å². The van der Waals surface area contributed by atoms with E-state index in [1.807, 2.05) is 36.4 Å². The molecular formula is C25H26N2O5S. The van der Waals surface area contributed by atoms with E-state index in [1.54, 1.807) is 25.2 Å². The Morgan fingerprint density at radius 3 is 2.42 bits per heavy atom. The Labute approximate surface area is 194 Å². The molecule has 1 amide bonds. The molecule has 1 atom stereocenters. The lowest BCUT2D eigenvalue weighted by Crippen LogP contribution is -2.34. The van der Waals surface area contributed by atoms with Gasteiger partial charge < -0.3 is 14.8 Å². The van der Waals surface area contributed by atoms with Crippen LogP contribution in [0.25, 0.3) is 0 Å². The number of carbonyl (C=O) groups is 1. The van der Waals surface area contributed by atoms with Crippen LogP contribution in [0.4, 0.5) is 5.69 Å². The minimum absolute atomic E-state index is 0.0759. The first-order chi connectivity index (χ1) is 15.9. The van der Waals surface area contributed by atoms with Crippen LogP contribution in [0.3, 0.4) is 0 Å².